The van der Waals surface area contributed by atoms with Crippen molar-refractivity contribution < 1.29 is 42.9 Å². The second-order valence-electron chi connectivity index (χ2n) is 10.0. The van der Waals surface area contributed by atoms with E-state index in [1.54, 1.807) is 23.8 Å². The molecule has 1 saturated heterocycles. The van der Waals surface area contributed by atoms with Crippen LogP contribution in [0.4, 0.5) is 19.3 Å². The number of cyclic esters (lactones) is 1. The van der Waals surface area contributed by atoms with Gasteiger partial charge in [0.15, 0.2) is 11.6 Å². The van der Waals surface area contributed by atoms with Crippen LogP contribution in [0, 0.1) is 5.82 Å². The second-order valence-corrected chi connectivity index (χ2v) is 10.0. The zero-order valence-electron chi connectivity index (χ0n) is 27.3. The first kappa shape index (κ1) is 39.6. The number of rotatable bonds is 9. The van der Waals surface area contributed by atoms with E-state index in [1.165, 1.54) is 30.3 Å². The van der Waals surface area contributed by atoms with Gasteiger partial charge in [0.25, 0.3) is 0 Å². The number of benzene rings is 1. The van der Waals surface area contributed by atoms with Crippen LogP contribution in [-0.4, -0.2) is 90.8 Å². The Morgan fingerprint density at radius 3 is 2.35 bits per heavy atom. The molecule has 3 heterocycles. The minimum absolute atomic E-state index is 0.00463. The monoisotopic (exact) mass is 652 g/mol. The number of carboxylic acid groups (broad SMARTS) is 1. The molecule has 2 aliphatic heterocycles. The minimum atomic E-state index is -1.32. The number of ether oxygens (including phenoxy) is 2. The highest BCUT2D eigenvalue weighted by atomic mass is 19.1. The number of nitrogens with one attached hydrogen (secondary N) is 1. The van der Waals surface area contributed by atoms with Gasteiger partial charge >= 0.3 is 12.1 Å². The van der Waals surface area contributed by atoms with E-state index < -0.39 is 30.0 Å². The maximum absolute atomic E-state index is 15.0. The van der Waals surface area contributed by atoms with Gasteiger partial charge in [-0.1, -0.05) is 25.5 Å². The van der Waals surface area contributed by atoms with E-state index in [2.05, 4.69) is 17.0 Å². The van der Waals surface area contributed by atoms with Crippen molar-refractivity contribution in [2.45, 2.75) is 53.5 Å². The SMILES string of the molecule is C/C=C\CO.CCCCN(CC)c1c(F)cc2c(=O)c(C(=O)O)cn3c2c1OCC3C.CNC(C)=O.O=C1OCCN1/C=C/CF. The van der Waals surface area contributed by atoms with Crippen molar-refractivity contribution in [2.24, 2.45) is 0 Å². The summed E-state index contributed by atoms with van der Waals surface area (Å²) in [5.74, 6) is -1.55. The summed E-state index contributed by atoms with van der Waals surface area (Å²) in [6.07, 6.45) is 8.98. The number of carbonyl (C=O) groups excluding carboxylic acids is 2. The third-order valence-electron chi connectivity index (χ3n) is 6.71. The van der Waals surface area contributed by atoms with Gasteiger partial charge in [0, 0.05) is 39.5 Å². The average molecular weight is 653 g/mol. The van der Waals surface area contributed by atoms with E-state index in [1.807, 2.05) is 25.7 Å². The number of aromatic nitrogens is 1. The molecule has 0 bridgehead atoms. The molecule has 0 spiro atoms. The highest BCUT2D eigenvalue weighted by Gasteiger charge is 2.29. The first-order valence-corrected chi connectivity index (χ1v) is 15.0. The maximum Gasteiger partial charge on any atom is 0.413 e. The summed E-state index contributed by atoms with van der Waals surface area (Å²) in [7, 11) is 1.60. The van der Waals surface area contributed by atoms with Crippen LogP contribution in [0.2, 0.25) is 0 Å². The van der Waals surface area contributed by atoms with Crippen molar-refractivity contribution in [1.29, 1.82) is 0 Å². The molecule has 46 heavy (non-hydrogen) atoms. The van der Waals surface area contributed by atoms with E-state index in [9.17, 15) is 33.1 Å². The summed E-state index contributed by atoms with van der Waals surface area (Å²) >= 11 is 0. The third-order valence-corrected chi connectivity index (χ3v) is 6.71. The molecule has 1 unspecified atom stereocenters. The number of anilines is 1. The molecule has 0 aliphatic carbocycles. The number of carboxylic acids is 1. The predicted molar refractivity (Wildman–Crippen MR) is 173 cm³/mol. The van der Waals surface area contributed by atoms with E-state index in [0.29, 0.717) is 43.2 Å². The molecular weight excluding hydrogens is 606 g/mol. The van der Waals surface area contributed by atoms with Gasteiger partial charge in [-0.3, -0.25) is 14.5 Å². The topological polar surface area (TPSA) is 151 Å². The molecule has 4 rings (SSSR count). The Hall–Kier alpha value is -4.46. The van der Waals surface area contributed by atoms with Crippen LogP contribution in [0.15, 0.2) is 41.5 Å². The molecule has 1 aromatic heterocycles. The van der Waals surface area contributed by atoms with Gasteiger partial charge in [0.1, 0.15) is 31.1 Å². The second kappa shape index (κ2) is 20.5. The first-order chi connectivity index (χ1) is 21.9. The Bertz CT molecular complexity index is 1430. The van der Waals surface area contributed by atoms with Gasteiger partial charge < -0.3 is 34.5 Å². The van der Waals surface area contributed by atoms with Gasteiger partial charge in [-0.25, -0.2) is 18.4 Å². The zero-order chi connectivity index (χ0) is 34.8. The fourth-order valence-corrected chi connectivity index (χ4v) is 4.25. The number of aliphatic hydroxyl groups is 1. The zero-order valence-corrected chi connectivity index (χ0v) is 27.3. The standard InChI is InChI=1S/C19H23FN2O4.C6H8FNO2.C4H8O.C3H7NO/c1-4-6-7-21(5-2)16-14(20)8-12-15-18(16)26-10-11(3)22(15)9-13(17(12)23)19(24)25;7-2-1-3-8-4-5-10-6(8)9;1-2-3-4-5;1-3(5)4-2/h8-9,11H,4-7,10H2,1-3H3,(H,24,25);1,3H,2,4-5H2;2-3,5H,4H2,1H3;1-2H3,(H,4,5)/b;3-1+;3-2-;. The fourth-order valence-electron chi connectivity index (χ4n) is 4.25. The first-order valence-electron chi connectivity index (χ1n) is 15.0. The van der Waals surface area contributed by atoms with Crippen LogP contribution in [0.1, 0.15) is 63.9 Å². The van der Waals surface area contributed by atoms with Crippen molar-refractivity contribution >= 4 is 34.6 Å². The summed E-state index contributed by atoms with van der Waals surface area (Å²) in [6, 6.07) is 0.989. The van der Waals surface area contributed by atoms with Crippen molar-refractivity contribution in [3.63, 3.8) is 0 Å². The average Bonchev–Trinajstić information content (AvgIpc) is 3.45. The molecule has 0 radical (unpaired) electrons. The summed E-state index contributed by atoms with van der Waals surface area (Å²) < 4.78 is 38.6. The minimum Gasteiger partial charge on any atom is -0.487 e. The van der Waals surface area contributed by atoms with E-state index in [-0.39, 0.29) is 36.1 Å². The van der Waals surface area contributed by atoms with Crippen molar-refractivity contribution in [3.8, 4) is 5.75 Å². The van der Waals surface area contributed by atoms with Crippen molar-refractivity contribution in [3.05, 3.63) is 58.3 Å². The molecule has 1 aromatic carbocycles. The molecule has 3 N–H and O–H groups in total. The smallest absolute Gasteiger partial charge is 0.413 e. The quantitative estimate of drug-likeness (QED) is 0.329. The lowest BCUT2D eigenvalue weighted by Crippen LogP contribution is -2.30. The third kappa shape index (κ3) is 11.2. The number of hydrogen-bond acceptors (Lipinski definition) is 8. The van der Waals surface area contributed by atoms with Gasteiger partial charge in [0.05, 0.1) is 30.1 Å². The summed E-state index contributed by atoms with van der Waals surface area (Å²) in [6.45, 7) is 11.3. The van der Waals surface area contributed by atoms with Crippen LogP contribution >= 0.6 is 0 Å². The Morgan fingerprint density at radius 1 is 1.22 bits per heavy atom. The number of nitrogens with zero attached hydrogens (tertiary/aromatic N) is 3. The highest BCUT2D eigenvalue weighted by molar-refractivity contribution is 5.97. The predicted octanol–water partition coefficient (Wildman–Crippen LogP) is 4.65. The van der Waals surface area contributed by atoms with Crippen LogP contribution in [-0.2, 0) is 9.53 Å². The fraction of sp³-hybridized carbons (Fsp3) is 0.500. The number of carbonyl (C=O) groups is 3. The Kier molecular flexibility index (Phi) is 17.7. The molecule has 2 amide bonds. The number of hydrogen-bond donors (Lipinski definition) is 3. The largest absolute Gasteiger partial charge is 0.487 e. The Balaban J connectivity index is 0.000000431. The van der Waals surface area contributed by atoms with Gasteiger partial charge in [-0.05, 0) is 39.3 Å². The van der Waals surface area contributed by atoms with E-state index in [0.717, 1.165) is 18.9 Å². The summed E-state index contributed by atoms with van der Waals surface area (Å²) in [4.78, 5) is 47.5. The number of halogens is 2. The van der Waals surface area contributed by atoms with Gasteiger partial charge in [-0.15, -0.1) is 0 Å². The van der Waals surface area contributed by atoms with Crippen molar-refractivity contribution in [2.75, 3.05) is 58.1 Å². The summed E-state index contributed by atoms with van der Waals surface area (Å²) in [5.41, 5.74) is -0.242. The molecule has 12 nitrogen and oxygen atoms in total. The van der Waals surface area contributed by atoms with Crippen LogP contribution in [0.5, 0.6) is 5.75 Å². The van der Waals surface area contributed by atoms with Gasteiger partial charge in [0.2, 0.25) is 11.3 Å². The van der Waals surface area contributed by atoms with Crippen LogP contribution in [0.25, 0.3) is 10.9 Å². The molecule has 0 saturated carbocycles. The van der Waals surface area contributed by atoms with Gasteiger partial charge in [-0.2, -0.15) is 0 Å². The molecule has 14 heteroatoms. The number of aliphatic hydroxyl groups excluding tert-OH is 1. The lowest BCUT2D eigenvalue weighted by molar-refractivity contribution is -0.118. The molecular formula is C32H46F2N4O8. The van der Waals surface area contributed by atoms with E-state index >= 15 is 0 Å². The number of allylic oxidation sites excluding steroid dienone is 2. The number of aromatic carboxylic acids is 1. The van der Waals surface area contributed by atoms with Crippen LogP contribution in [0.3, 0.4) is 0 Å². The normalized spacial score (nSPS) is 14.8. The molecule has 1 fully saturated rings. The number of alkyl halides is 1. The Morgan fingerprint density at radius 2 is 1.89 bits per heavy atom. The lowest BCUT2D eigenvalue weighted by Gasteiger charge is -2.32. The highest BCUT2D eigenvalue weighted by Crippen LogP contribution is 2.41. The van der Waals surface area contributed by atoms with Crippen molar-refractivity contribution in [1.82, 2.24) is 14.8 Å². The molecule has 2 aliphatic rings. The van der Waals surface area contributed by atoms with E-state index in [4.69, 9.17) is 9.84 Å². The maximum atomic E-state index is 15.0. The summed E-state index contributed by atoms with van der Waals surface area (Å²) in [5, 5.41) is 19.7. The molecule has 256 valence electrons. The molecule has 2 aromatic rings. The van der Waals surface area contributed by atoms with Crippen LogP contribution < -0.4 is 20.4 Å². The molecule has 1 atom stereocenters. The number of pyridine rings is 1. The number of unbranched alkanes of at least 4 members (excludes halogenated alkanes) is 1. The lowest BCUT2D eigenvalue weighted by atomic mass is 10.1. The Labute approximate surface area is 267 Å². The number of amides is 2.